The van der Waals surface area contributed by atoms with E-state index in [0.29, 0.717) is 18.1 Å². The van der Waals surface area contributed by atoms with E-state index in [0.717, 1.165) is 40.0 Å². The monoisotopic (exact) mass is 591 g/mol. The number of carboxylic acids is 1. The van der Waals surface area contributed by atoms with Gasteiger partial charge in [0.05, 0.1) is 16.0 Å². The lowest BCUT2D eigenvalue weighted by Crippen LogP contribution is -2.60. The van der Waals surface area contributed by atoms with E-state index >= 15 is 0 Å². The van der Waals surface area contributed by atoms with Gasteiger partial charge >= 0.3 is 12.1 Å². The molecule has 218 valence electrons. The summed E-state index contributed by atoms with van der Waals surface area (Å²) in [6.45, 7) is 3.89. The van der Waals surface area contributed by atoms with E-state index in [9.17, 15) is 31.2 Å². The van der Waals surface area contributed by atoms with Crippen molar-refractivity contribution in [2.24, 2.45) is 0 Å². The summed E-state index contributed by atoms with van der Waals surface area (Å²) < 4.78 is 67.2. The summed E-state index contributed by atoms with van der Waals surface area (Å²) in [7, 11) is -4.38. The number of alkyl halides is 3. The number of carbonyl (C=O) groups is 2. The largest absolute Gasteiger partial charge is 0.478 e. The number of carboxylic acid groups (broad SMARTS) is 1. The van der Waals surface area contributed by atoms with E-state index < -0.39 is 39.7 Å². The molecule has 41 heavy (non-hydrogen) atoms. The van der Waals surface area contributed by atoms with E-state index in [1.165, 1.54) is 0 Å². The molecule has 2 N–H and O–H groups in total. The molecule has 0 spiro atoms. The number of halogens is 3. The average Bonchev–Trinajstić information content (AvgIpc) is 2.95. The van der Waals surface area contributed by atoms with Gasteiger partial charge in [-0.05, 0) is 41.3 Å². The van der Waals surface area contributed by atoms with Gasteiger partial charge in [0.25, 0.3) is 0 Å². The van der Waals surface area contributed by atoms with Crippen LogP contribution in [-0.4, -0.2) is 65.4 Å². The first-order valence-electron chi connectivity index (χ1n) is 12.6. The summed E-state index contributed by atoms with van der Waals surface area (Å²) in [5, 5.41) is 11.9. The van der Waals surface area contributed by atoms with Gasteiger partial charge in [-0.3, -0.25) is 4.79 Å². The molecule has 14 heteroatoms. The number of aromatic carboxylic acids is 1. The molecule has 3 aromatic rings. The van der Waals surface area contributed by atoms with Crippen LogP contribution in [0, 0.1) is 0 Å². The van der Waals surface area contributed by atoms with Crippen molar-refractivity contribution in [2.75, 3.05) is 24.5 Å². The maximum atomic E-state index is 13.6. The van der Waals surface area contributed by atoms with Crippen LogP contribution in [-0.2, 0) is 27.5 Å². The molecule has 1 unspecified atom stereocenters. The number of nitrogens with one attached hydrogen (secondary N) is 1. The normalized spacial score (nSPS) is 16.5. The maximum absolute atomic E-state index is 13.6. The zero-order valence-corrected chi connectivity index (χ0v) is 23.0. The van der Waals surface area contributed by atoms with E-state index in [1.54, 1.807) is 4.90 Å². The number of aromatic nitrogens is 2. The fourth-order valence-corrected chi connectivity index (χ4v) is 5.89. The van der Waals surface area contributed by atoms with Crippen LogP contribution in [0.4, 0.5) is 19.1 Å². The van der Waals surface area contributed by atoms with Gasteiger partial charge in [-0.2, -0.15) is 17.5 Å². The van der Waals surface area contributed by atoms with Gasteiger partial charge in [0.1, 0.15) is 6.04 Å². The van der Waals surface area contributed by atoms with Crippen molar-refractivity contribution >= 4 is 27.8 Å². The summed E-state index contributed by atoms with van der Waals surface area (Å²) in [5.41, 5.74) is 0.766. The third-order valence-electron chi connectivity index (χ3n) is 6.70. The fourth-order valence-electron chi connectivity index (χ4n) is 4.32. The van der Waals surface area contributed by atoms with Crippen LogP contribution in [0.5, 0.6) is 0 Å². The molecule has 2 aromatic carbocycles. The van der Waals surface area contributed by atoms with Gasteiger partial charge in [0.2, 0.25) is 21.9 Å². The second-order valence-electron chi connectivity index (χ2n) is 9.79. The number of hydrogen-bond acceptors (Lipinski definition) is 7. The smallest absolute Gasteiger partial charge is 0.416 e. The first-order valence-corrected chi connectivity index (χ1v) is 14.1. The Morgan fingerprint density at radius 2 is 1.63 bits per heavy atom. The molecular weight excluding hydrogens is 563 g/mol. The third-order valence-corrected chi connectivity index (χ3v) is 8.63. The summed E-state index contributed by atoms with van der Waals surface area (Å²) in [4.78, 5) is 33.8. The minimum atomic E-state index is -4.64. The Morgan fingerprint density at radius 3 is 2.17 bits per heavy atom. The van der Waals surface area contributed by atoms with Crippen molar-refractivity contribution in [3.8, 4) is 0 Å². The molecule has 4 rings (SSSR count). The van der Waals surface area contributed by atoms with Crippen molar-refractivity contribution in [3.63, 3.8) is 0 Å². The van der Waals surface area contributed by atoms with Crippen molar-refractivity contribution in [1.82, 2.24) is 19.6 Å². The fraction of sp³-hybridized carbons (Fsp3) is 0.333. The third kappa shape index (κ3) is 6.82. The van der Waals surface area contributed by atoms with Gasteiger partial charge in [-0.15, -0.1) is 0 Å². The van der Waals surface area contributed by atoms with Crippen molar-refractivity contribution in [3.05, 3.63) is 83.2 Å². The lowest BCUT2D eigenvalue weighted by molar-refractivity contribution is -0.137. The minimum Gasteiger partial charge on any atom is -0.478 e. The van der Waals surface area contributed by atoms with Crippen LogP contribution in [0.2, 0.25) is 0 Å². The van der Waals surface area contributed by atoms with Crippen LogP contribution in [0.25, 0.3) is 0 Å². The second kappa shape index (κ2) is 11.8. The van der Waals surface area contributed by atoms with Gasteiger partial charge in [0.15, 0.2) is 0 Å². The van der Waals surface area contributed by atoms with Crippen LogP contribution in [0.3, 0.4) is 0 Å². The molecule has 1 aromatic heterocycles. The second-order valence-corrected chi connectivity index (χ2v) is 11.7. The number of benzene rings is 2. The van der Waals surface area contributed by atoms with Crippen molar-refractivity contribution < 1.29 is 36.3 Å². The van der Waals surface area contributed by atoms with Crippen LogP contribution >= 0.6 is 0 Å². The van der Waals surface area contributed by atoms with E-state index in [4.69, 9.17) is 5.11 Å². The number of carbonyl (C=O) groups excluding carboxylic acids is 1. The van der Waals surface area contributed by atoms with Crippen LogP contribution < -0.4 is 10.2 Å². The van der Waals surface area contributed by atoms with Gasteiger partial charge in [-0.25, -0.2) is 23.2 Å². The molecule has 0 saturated carbocycles. The standard InChI is InChI=1S/C27H28F3N5O5S/c1-17(2)19-5-3-18(4-6-19)13-31-24(36)23-16-34(26-32-14-20(15-33-26)25(37)38)11-12-35(23)41(39,40)22-9-7-21(8-10-22)27(28,29)30/h3-10,14-15,17,23H,11-13,16H2,1-2H3,(H,31,36)(H,37,38). The van der Waals surface area contributed by atoms with Gasteiger partial charge < -0.3 is 15.3 Å². The first kappa shape index (κ1) is 29.9. The highest BCUT2D eigenvalue weighted by Crippen LogP contribution is 2.31. The van der Waals surface area contributed by atoms with Crippen LogP contribution in [0.15, 0.2) is 65.8 Å². The minimum absolute atomic E-state index is 0.0483. The predicted molar refractivity (Wildman–Crippen MR) is 143 cm³/mol. The van der Waals surface area contributed by atoms with Crippen LogP contribution in [0.1, 0.15) is 46.8 Å². The van der Waals surface area contributed by atoms with E-state index in [-0.39, 0.29) is 42.6 Å². The highest BCUT2D eigenvalue weighted by Gasteiger charge is 2.41. The zero-order chi connectivity index (χ0) is 29.9. The van der Waals surface area contributed by atoms with Crippen molar-refractivity contribution in [2.45, 2.75) is 43.4 Å². The summed E-state index contributed by atoms with van der Waals surface area (Å²) in [5.74, 6) is -1.42. The molecule has 1 amide bonds. The molecule has 1 fully saturated rings. The molecule has 10 nitrogen and oxygen atoms in total. The predicted octanol–water partition coefficient (Wildman–Crippen LogP) is 3.51. The summed E-state index contributed by atoms with van der Waals surface area (Å²) >= 11 is 0. The molecule has 2 heterocycles. The highest BCUT2D eigenvalue weighted by atomic mass is 32.2. The van der Waals surface area contributed by atoms with E-state index in [1.807, 2.05) is 24.3 Å². The number of nitrogens with zero attached hydrogens (tertiary/aromatic N) is 4. The lowest BCUT2D eigenvalue weighted by Gasteiger charge is -2.39. The van der Waals surface area contributed by atoms with Gasteiger partial charge in [-0.1, -0.05) is 38.1 Å². The molecule has 0 aliphatic carbocycles. The molecule has 1 aliphatic heterocycles. The Kier molecular flexibility index (Phi) is 8.63. The number of amides is 1. The maximum Gasteiger partial charge on any atom is 0.416 e. The topological polar surface area (TPSA) is 133 Å². The summed E-state index contributed by atoms with van der Waals surface area (Å²) in [6, 6.07) is 9.39. The molecule has 1 saturated heterocycles. The molecule has 0 bridgehead atoms. The lowest BCUT2D eigenvalue weighted by atomic mass is 10.0. The molecule has 0 radical (unpaired) electrons. The Hall–Kier alpha value is -4.04. The Bertz CT molecular complexity index is 1500. The Labute approximate surface area is 234 Å². The highest BCUT2D eigenvalue weighted by molar-refractivity contribution is 7.89. The Morgan fingerprint density at radius 1 is 1.02 bits per heavy atom. The molecular formula is C27H28F3N5O5S. The molecule has 1 atom stereocenters. The quantitative estimate of drug-likeness (QED) is 0.407. The number of rotatable bonds is 8. The molecule has 1 aliphatic rings. The summed E-state index contributed by atoms with van der Waals surface area (Å²) in [6.07, 6.45) is -2.43. The van der Waals surface area contributed by atoms with Gasteiger partial charge in [0, 0.05) is 38.6 Å². The SMILES string of the molecule is CC(C)c1ccc(CNC(=O)C2CN(c3ncc(C(=O)O)cn3)CCN2S(=O)(=O)c2ccc(C(F)(F)F)cc2)cc1. The average molecular weight is 592 g/mol. The number of anilines is 1. The van der Waals surface area contributed by atoms with Crippen molar-refractivity contribution in [1.29, 1.82) is 0 Å². The Balaban J connectivity index is 1.60. The number of sulfonamides is 1. The number of hydrogen-bond donors (Lipinski definition) is 2. The number of piperazine rings is 1. The zero-order valence-electron chi connectivity index (χ0n) is 22.2. The first-order chi connectivity index (χ1) is 19.3. The van der Waals surface area contributed by atoms with E-state index in [2.05, 4.69) is 29.1 Å².